The van der Waals surface area contributed by atoms with Crippen molar-refractivity contribution in [2.45, 2.75) is 32.2 Å². The molecule has 0 saturated carbocycles. The van der Waals surface area contributed by atoms with Crippen LogP contribution in [0.5, 0.6) is 0 Å². The van der Waals surface area contributed by atoms with Gasteiger partial charge in [-0.1, -0.05) is 18.2 Å². The first-order valence-electron chi connectivity index (χ1n) is 8.47. The lowest BCUT2D eigenvalue weighted by molar-refractivity contribution is 0.501. The second-order valence-electron chi connectivity index (χ2n) is 6.48. The monoisotopic (exact) mass is 382 g/mol. The molecule has 142 valence electrons. The van der Waals surface area contributed by atoms with Gasteiger partial charge in [0.2, 0.25) is 10.0 Å². The molecule has 7 heteroatoms. The Balaban J connectivity index is 1.71. The predicted octanol–water partition coefficient (Wildman–Crippen LogP) is 3.49. The summed E-state index contributed by atoms with van der Waals surface area (Å²) in [6.45, 7) is 2.81. The van der Waals surface area contributed by atoms with E-state index in [-0.39, 0.29) is 6.04 Å². The first kappa shape index (κ1) is 20.3. The molecule has 0 aromatic heterocycles. The van der Waals surface area contributed by atoms with Gasteiger partial charge in [-0.15, -0.1) is 0 Å². The predicted molar refractivity (Wildman–Crippen MR) is 101 cm³/mol. The number of aryl methyl sites for hydroxylation is 1. The molecule has 2 N–H and O–H groups in total. The minimum atomic E-state index is -3.26. The van der Waals surface area contributed by atoms with Crippen LogP contribution in [0.2, 0.25) is 0 Å². The highest BCUT2D eigenvalue weighted by molar-refractivity contribution is 7.92. The van der Waals surface area contributed by atoms with Crippen LogP contribution >= 0.6 is 0 Å². The van der Waals surface area contributed by atoms with Crippen molar-refractivity contribution in [2.24, 2.45) is 0 Å². The Hall–Kier alpha value is -1.99. The van der Waals surface area contributed by atoms with Crippen molar-refractivity contribution < 1.29 is 17.2 Å². The summed E-state index contributed by atoms with van der Waals surface area (Å²) in [7, 11) is -3.26. The number of hydrogen-bond acceptors (Lipinski definition) is 3. The molecule has 0 heterocycles. The third-order valence-electron chi connectivity index (χ3n) is 3.92. The van der Waals surface area contributed by atoms with E-state index >= 15 is 0 Å². The fourth-order valence-corrected chi connectivity index (χ4v) is 3.25. The highest BCUT2D eigenvalue weighted by Gasteiger charge is 2.07. The van der Waals surface area contributed by atoms with E-state index in [4.69, 9.17) is 0 Å². The molecule has 2 aromatic rings. The minimum absolute atomic E-state index is 0.154. The standard InChI is InChI=1S/C19H24F2N2O2S/c1-14(12-16-7-10-18(20)19(21)13-16)22-11-3-4-15-5-8-17(9-6-15)23-26(2,24)25/h5-10,13-14,22-23H,3-4,11-12H2,1-2H3. The van der Waals surface area contributed by atoms with Gasteiger partial charge in [-0.3, -0.25) is 4.72 Å². The van der Waals surface area contributed by atoms with Gasteiger partial charge in [0.05, 0.1) is 6.26 Å². The van der Waals surface area contributed by atoms with E-state index in [0.29, 0.717) is 12.1 Å². The van der Waals surface area contributed by atoms with Gasteiger partial charge in [0, 0.05) is 11.7 Å². The average Bonchev–Trinajstić information content (AvgIpc) is 2.55. The molecule has 0 spiro atoms. The third-order valence-corrected chi connectivity index (χ3v) is 4.52. The summed E-state index contributed by atoms with van der Waals surface area (Å²) in [6, 6.07) is 11.4. The molecule has 0 aliphatic heterocycles. The highest BCUT2D eigenvalue weighted by Crippen LogP contribution is 2.13. The van der Waals surface area contributed by atoms with Gasteiger partial charge in [-0.05, 0) is 68.1 Å². The van der Waals surface area contributed by atoms with Gasteiger partial charge < -0.3 is 5.32 Å². The molecule has 0 fully saturated rings. The van der Waals surface area contributed by atoms with Crippen molar-refractivity contribution in [1.29, 1.82) is 0 Å². The molecule has 2 aromatic carbocycles. The summed E-state index contributed by atoms with van der Waals surface area (Å²) >= 11 is 0. The van der Waals surface area contributed by atoms with E-state index in [2.05, 4.69) is 10.0 Å². The fraction of sp³-hybridized carbons (Fsp3) is 0.368. The topological polar surface area (TPSA) is 58.2 Å². The Bertz CT molecular complexity index is 824. The van der Waals surface area contributed by atoms with Gasteiger partial charge in [-0.25, -0.2) is 17.2 Å². The van der Waals surface area contributed by atoms with E-state index in [9.17, 15) is 17.2 Å². The fourth-order valence-electron chi connectivity index (χ4n) is 2.69. The molecular weight excluding hydrogens is 358 g/mol. The first-order chi connectivity index (χ1) is 12.2. The van der Waals surface area contributed by atoms with Crippen molar-refractivity contribution in [3.63, 3.8) is 0 Å². The summed E-state index contributed by atoms with van der Waals surface area (Å²) in [5, 5.41) is 3.37. The summed E-state index contributed by atoms with van der Waals surface area (Å²) in [4.78, 5) is 0. The molecule has 0 amide bonds. The summed E-state index contributed by atoms with van der Waals surface area (Å²) in [5.74, 6) is -1.64. The second-order valence-corrected chi connectivity index (χ2v) is 8.23. The lowest BCUT2D eigenvalue weighted by atomic mass is 10.1. The first-order valence-corrected chi connectivity index (χ1v) is 10.4. The van der Waals surface area contributed by atoms with E-state index in [0.717, 1.165) is 42.8 Å². The Morgan fingerprint density at radius 1 is 1.00 bits per heavy atom. The smallest absolute Gasteiger partial charge is 0.229 e. The van der Waals surface area contributed by atoms with E-state index < -0.39 is 21.7 Å². The minimum Gasteiger partial charge on any atom is -0.314 e. The SMILES string of the molecule is CC(Cc1ccc(F)c(F)c1)NCCCc1ccc(NS(C)(=O)=O)cc1. The Morgan fingerprint density at radius 2 is 1.65 bits per heavy atom. The van der Waals surface area contributed by atoms with Crippen LogP contribution in [0.3, 0.4) is 0 Å². The number of benzene rings is 2. The molecule has 1 unspecified atom stereocenters. The van der Waals surface area contributed by atoms with Gasteiger partial charge in [0.25, 0.3) is 0 Å². The molecule has 4 nitrogen and oxygen atoms in total. The van der Waals surface area contributed by atoms with Gasteiger partial charge >= 0.3 is 0 Å². The van der Waals surface area contributed by atoms with Gasteiger partial charge in [0.15, 0.2) is 11.6 Å². The molecular formula is C19H24F2N2O2S. The molecule has 0 aliphatic carbocycles. The number of sulfonamides is 1. The zero-order valence-corrected chi connectivity index (χ0v) is 15.7. The number of halogens is 2. The van der Waals surface area contributed by atoms with Crippen LogP contribution < -0.4 is 10.0 Å². The molecule has 2 rings (SSSR count). The largest absolute Gasteiger partial charge is 0.314 e. The maximum atomic E-state index is 13.2. The normalized spacial score (nSPS) is 12.8. The quantitative estimate of drug-likeness (QED) is 0.653. The Labute approximate surface area is 153 Å². The molecule has 26 heavy (non-hydrogen) atoms. The van der Waals surface area contributed by atoms with E-state index in [1.54, 1.807) is 18.2 Å². The molecule has 1 atom stereocenters. The molecule has 0 saturated heterocycles. The van der Waals surface area contributed by atoms with E-state index in [1.807, 2.05) is 19.1 Å². The van der Waals surface area contributed by atoms with Crippen molar-refractivity contribution in [3.8, 4) is 0 Å². The van der Waals surface area contributed by atoms with Crippen molar-refractivity contribution in [3.05, 3.63) is 65.2 Å². The van der Waals surface area contributed by atoms with Crippen molar-refractivity contribution in [1.82, 2.24) is 5.32 Å². The number of nitrogens with one attached hydrogen (secondary N) is 2. The maximum absolute atomic E-state index is 13.2. The number of hydrogen-bond donors (Lipinski definition) is 2. The van der Waals surface area contributed by atoms with Crippen LogP contribution in [0, 0.1) is 11.6 Å². The number of rotatable bonds is 9. The summed E-state index contributed by atoms with van der Waals surface area (Å²) in [6.07, 6.45) is 3.53. The Kier molecular flexibility index (Phi) is 7.11. The Morgan fingerprint density at radius 3 is 2.27 bits per heavy atom. The van der Waals surface area contributed by atoms with E-state index in [1.165, 1.54) is 6.07 Å². The molecule has 0 radical (unpaired) electrons. The van der Waals surface area contributed by atoms with Crippen LogP contribution in [0.15, 0.2) is 42.5 Å². The van der Waals surface area contributed by atoms with Gasteiger partial charge in [0.1, 0.15) is 0 Å². The van der Waals surface area contributed by atoms with Crippen LogP contribution in [0.25, 0.3) is 0 Å². The average molecular weight is 382 g/mol. The van der Waals surface area contributed by atoms with Crippen LogP contribution in [0.4, 0.5) is 14.5 Å². The van der Waals surface area contributed by atoms with Crippen molar-refractivity contribution >= 4 is 15.7 Å². The lowest BCUT2D eigenvalue weighted by Crippen LogP contribution is -2.29. The third kappa shape index (κ3) is 7.09. The molecule has 0 aliphatic rings. The zero-order valence-electron chi connectivity index (χ0n) is 14.9. The summed E-state index contributed by atoms with van der Waals surface area (Å²) < 4.78 is 50.9. The van der Waals surface area contributed by atoms with Crippen LogP contribution in [0.1, 0.15) is 24.5 Å². The number of anilines is 1. The highest BCUT2D eigenvalue weighted by atomic mass is 32.2. The lowest BCUT2D eigenvalue weighted by Gasteiger charge is -2.14. The van der Waals surface area contributed by atoms with Crippen LogP contribution in [-0.4, -0.2) is 27.3 Å². The van der Waals surface area contributed by atoms with Gasteiger partial charge in [-0.2, -0.15) is 0 Å². The molecule has 0 bridgehead atoms. The zero-order chi connectivity index (χ0) is 19.2. The van der Waals surface area contributed by atoms with Crippen LogP contribution in [-0.2, 0) is 22.9 Å². The second kappa shape index (κ2) is 9.09. The van der Waals surface area contributed by atoms with Crippen molar-refractivity contribution in [2.75, 3.05) is 17.5 Å². The maximum Gasteiger partial charge on any atom is 0.229 e. The summed E-state index contributed by atoms with van der Waals surface area (Å²) in [5.41, 5.74) is 2.44.